The Kier molecular flexibility index (Phi) is 2.99. The molecule has 0 amide bonds. The second kappa shape index (κ2) is 4.57. The largest absolute Gasteiger partial charge is 0.586 e. The number of fused-ring (bicyclic) bond motifs is 1. The van der Waals surface area contributed by atoms with E-state index in [0.29, 0.717) is 6.20 Å². The van der Waals surface area contributed by atoms with Gasteiger partial charge in [0.2, 0.25) is 0 Å². The monoisotopic (exact) mass is 336 g/mol. The van der Waals surface area contributed by atoms with Crippen molar-refractivity contribution < 1.29 is 41.3 Å². The highest BCUT2D eigenvalue weighted by Crippen LogP contribution is 2.46. The van der Waals surface area contributed by atoms with Crippen LogP contribution >= 0.6 is 0 Å². The van der Waals surface area contributed by atoms with Crippen LogP contribution in [0.1, 0.15) is 16.1 Å². The molecule has 0 unspecified atom stereocenters. The summed E-state index contributed by atoms with van der Waals surface area (Å²) in [5, 5.41) is 12.2. The lowest BCUT2D eigenvalue weighted by Gasteiger charge is -2.13. The van der Waals surface area contributed by atoms with Crippen LogP contribution in [-0.4, -0.2) is 27.2 Å². The van der Waals surface area contributed by atoms with E-state index >= 15 is 0 Å². The lowest BCUT2D eigenvalue weighted by molar-refractivity contribution is -0.286. The molecule has 0 saturated heterocycles. The summed E-state index contributed by atoms with van der Waals surface area (Å²) in [5.41, 5.74) is -3.28. The van der Waals surface area contributed by atoms with Crippen molar-refractivity contribution in [2.45, 2.75) is 12.5 Å². The van der Waals surface area contributed by atoms with E-state index in [9.17, 15) is 26.7 Å². The van der Waals surface area contributed by atoms with Crippen LogP contribution in [0.15, 0.2) is 24.4 Å². The van der Waals surface area contributed by atoms with Gasteiger partial charge in [0.1, 0.15) is 11.3 Å². The highest BCUT2D eigenvalue weighted by molar-refractivity contribution is 5.89. The molecule has 11 heteroatoms. The van der Waals surface area contributed by atoms with Crippen molar-refractivity contribution in [3.05, 3.63) is 35.7 Å². The Hall–Kier alpha value is -2.85. The van der Waals surface area contributed by atoms with Crippen LogP contribution < -0.4 is 9.47 Å². The maximum absolute atomic E-state index is 13.1. The molecule has 0 fully saturated rings. The molecule has 1 N–H and O–H groups in total. The molecular formula is C12H5F5N2O4. The second-order valence-electron chi connectivity index (χ2n) is 4.39. The van der Waals surface area contributed by atoms with E-state index in [4.69, 9.17) is 5.11 Å². The number of rotatable bonds is 2. The maximum Gasteiger partial charge on any atom is 0.586 e. The van der Waals surface area contributed by atoms with Crippen LogP contribution in [0.3, 0.4) is 0 Å². The number of aromatic carboxylic acids is 1. The smallest absolute Gasteiger partial charge is 0.478 e. The number of aromatic nitrogens is 2. The van der Waals surface area contributed by atoms with E-state index in [1.807, 2.05) is 0 Å². The second-order valence-corrected chi connectivity index (χ2v) is 4.39. The molecule has 0 saturated carbocycles. The van der Waals surface area contributed by atoms with Crippen molar-refractivity contribution in [3.8, 4) is 17.2 Å². The quantitative estimate of drug-likeness (QED) is 0.854. The predicted molar refractivity (Wildman–Crippen MR) is 61.7 cm³/mol. The molecule has 1 aliphatic rings. The van der Waals surface area contributed by atoms with Gasteiger partial charge in [-0.15, -0.1) is 8.78 Å². The van der Waals surface area contributed by atoms with Crippen LogP contribution in [-0.2, 0) is 6.18 Å². The van der Waals surface area contributed by atoms with Crippen molar-refractivity contribution >= 4 is 5.97 Å². The fraction of sp³-hybridized carbons (Fsp3) is 0.167. The first kappa shape index (κ1) is 15.1. The maximum atomic E-state index is 13.1. The fourth-order valence-corrected chi connectivity index (χ4v) is 2.08. The van der Waals surface area contributed by atoms with Crippen LogP contribution in [0.2, 0.25) is 0 Å². The number of alkyl halides is 5. The van der Waals surface area contributed by atoms with Crippen LogP contribution in [0.5, 0.6) is 11.5 Å². The zero-order valence-corrected chi connectivity index (χ0v) is 10.8. The SMILES string of the molecule is O=C(O)c1cnn(-c2cccc3c2OC(F)(F)O3)c1C(F)(F)F. The summed E-state index contributed by atoms with van der Waals surface area (Å²) in [4.78, 5) is 10.9. The van der Waals surface area contributed by atoms with Gasteiger partial charge >= 0.3 is 18.4 Å². The Balaban J connectivity index is 2.23. The van der Waals surface area contributed by atoms with Gasteiger partial charge in [-0.05, 0) is 12.1 Å². The number of carbonyl (C=O) groups is 1. The third kappa shape index (κ3) is 2.43. The zero-order chi connectivity index (χ0) is 17.0. The normalized spacial score (nSPS) is 15.7. The number of hydrogen-bond donors (Lipinski definition) is 1. The molecular weight excluding hydrogens is 331 g/mol. The predicted octanol–water partition coefficient (Wildman–Crippen LogP) is 2.91. The summed E-state index contributed by atoms with van der Waals surface area (Å²) in [6.07, 6.45) is -8.66. The van der Waals surface area contributed by atoms with E-state index in [1.165, 1.54) is 0 Å². The molecule has 1 aromatic heterocycles. The third-order valence-electron chi connectivity index (χ3n) is 2.90. The lowest BCUT2D eigenvalue weighted by Crippen LogP contribution is -2.26. The molecule has 23 heavy (non-hydrogen) atoms. The number of benzene rings is 1. The molecule has 1 aromatic carbocycles. The van der Waals surface area contributed by atoms with Gasteiger partial charge in [0.05, 0.1) is 6.20 Å². The number of ether oxygens (including phenoxy) is 2. The average Bonchev–Trinajstić information content (AvgIpc) is 2.96. The minimum absolute atomic E-state index is 0.174. The standard InChI is InChI=1S/C12H5F5N2O4/c13-11(14,15)9-5(10(20)21)4-18-19(9)6-2-1-3-7-8(6)23-12(16,17)22-7/h1-4H,(H,20,21). The molecule has 2 heterocycles. The first-order valence-corrected chi connectivity index (χ1v) is 5.88. The minimum atomic E-state index is -5.09. The van der Waals surface area contributed by atoms with Gasteiger partial charge in [0.25, 0.3) is 0 Å². The van der Waals surface area contributed by atoms with Gasteiger partial charge in [-0.1, -0.05) is 6.07 Å². The molecule has 0 bridgehead atoms. The van der Waals surface area contributed by atoms with E-state index in [0.717, 1.165) is 18.2 Å². The fourth-order valence-electron chi connectivity index (χ4n) is 2.08. The molecule has 1 aliphatic heterocycles. The van der Waals surface area contributed by atoms with Crippen LogP contribution in [0.25, 0.3) is 5.69 Å². The molecule has 122 valence electrons. The summed E-state index contributed by atoms with van der Waals surface area (Å²) < 4.78 is 74.2. The number of nitrogens with zero attached hydrogens (tertiary/aromatic N) is 2. The van der Waals surface area contributed by atoms with Crippen molar-refractivity contribution in [1.82, 2.24) is 9.78 Å². The highest BCUT2D eigenvalue weighted by Gasteiger charge is 2.46. The van der Waals surface area contributed by atoms with E-state index < -0.39 is 46.9 Å². The molecule has 0 radical (unpaired) electrons. The summed E-state index contributed by atoms with van der Waals surface area (Å²) in [6, 6.07) is 3.22. The molecule has 0 atom stereocenters. The number of carboxylic acids is 1. The Bertz CT molecular complexity index is 799. The van der Waals surface area contributed by atoms with E-state index in [-0.39, 0.29) is 4.68 Å². The Morgan fingerprint density at radius 1 is 1.26 bits per heavy atom. The molecule has 0 aliphatic carbocycles. The van der Waals surface area contributed by atoms with Gasteiger partial charge in [0.15, 0.2) is 17.2 Å². The summed E-state index contributed by atoms with van der Waals surface area (Å²) in [7, 11) is 0. The van der Waals surface area contributed by atoms with Gasteiger partial charge in [-0.2, -0.15) is 18.3 Å². The van der Waals surface area contributed by atoms with Gasteiger partial charge < -0.3 is 14.6 Å². The van der Waals surface area contributed by atoms with Crippen molar-refractivity contribution in [2.24, 2.45) is 0 Å². The van der Waals surface area contributed by atoms with Crippen LogP contribution in [0.4, 0.5) is 22.0 Å². The number of carboxylic acid groups (broad SMARTS) is 1. The van der Waals surface area contributed by atoms with Crippen LogP contribution in [0, 0.1) is 0 Å². The lowest BCUT2D eigenvalue weighted by atomic mass is 10.2. The Labute approximate surface area is 123 Å². The zero-order valence-electron chi connectivity index (χ0n) is 10.8. The summed E-state index contributed by atoms with van der Waals surface area (Å²) in [5.74, 6) is -3.03. The third-order valence-corrected chi connectivity index (χ3v) is 2.90. The summed E-state index contributed by atoms with van der Waals surface area (Å²) in [6.45, 7) is 0. The topological polar surface area (TPSA) is 73.6 Å². The average molecular weight is 336 g/mol. The van der Waals surface area contributed by atoms with Gasteiger partial charge in [-0.25, -0.2) is 9.48 Å². The number of halogens is 5. The van der Waals surface area contributed by atoms with E-state index in [2.05, 4.69) is 14.6 Å². The first-order chi connectivity index (χ1) is 10.6. The summed E-state index contributed by atoms with van der Waals surface area (Å²) >= 11 is 0. The number of para-hydroxylation sites is 1. The number of hydrogen-bond acceptors (Lipinski definition) is 4. The van der Waals surface area contributed by atoms with Gasteiger partial charge in [0, 0.05) is 0 Å². The molecule has 3 rings (SSSR count). The highest BCUT2D eigenvalue weighted by atomic mass is 19.4. The Morgan fingerprint density at radius 2 is 1.96 bits per heavy atom. The first-order valence-electron chi connectivity index (χ1n) is 5.88. The molecule has 2 aromatic rings. The van der Waals surface area contributed by atoms with Gasteiger partial charge in [-0.3, -0.25) is 0 Å². The van der Waals surface area contributed by atoms with Crippen molar-refractivity contribution in [3.63, 3.8) is 0 Å². The van der Waals surface area contributed by atoms with E-state index in [1.54, 1.807) is 0 Å². The van der Waals surface area contributed by atoms with Crippen molar-refractivity contribution in [2.75, 3.05) is 0 Å². The minimum Gasteiger partial charge on any atom is -0.478 e. The molecule has 0 spiro atoms. The van der Waals surface area contributed by atoms with Crippen molar-refractivity contribution in [1.29, 1.82) is 0 Å². The Morgan fingerprint density at radius 3 is 2.57 bits per heavy atom. The molecule has 6 nitrogen and oxygen atoms in total.